The molecule has 0 saturated heterocycles. The van der Waals surface area contributed by atoms with Crippen LogP contribution in [-0.2, 0) is 4.84 Å². The van der Waals surface area contributed by atoms with Gasteiger partial charge >= 0.3 is 0 Å². The van der Waals surface area contributed by atoms with Crippen LogP contribution in [0.3, 0.4) is 0 Å². The number of ether oxygens (including phenoxy) is 1. The zero-order chi connectivity index (χ0) is 10.1. The second-order valence-corrected chi connectivity index (χ2v) is 3.68. The van der Waals surface area contributed by atoms with Gasteiger partial charge in [0.15, 0.2) is 0 Å². The third-order valence-electron chi connectivity index (χ3n) is 2.51. The molecule has 76 valence electrons. The van der Waals surface area contributed by atoms with E-state index in [-0.39, 0.29) is 6.04 Å². The molecule has 0 amide bonds. The number of hydrogen-bond donors (Lipinski definition) is 1. The Bertz CT molecular complexity index is 349. The normalized spacial score (nSPS) is 19.2. The van der Waals surface area contributed by atoms with Crippen LogP contribution in [0.2, 0.25) is 0 Å². The third kappa shape index (κ3) is 1.49. The highest BCUT2D eigenvalue weighted by atomic mass is 16.6. The van der Waals surface area contributed by atoms with Gasteiger partial charge in [0, 0.05) is 5.56 Å². The summed E-state index contributed by atoms with van der Waals surface area (Å²) < 4.78 is 5.58. The van der Waals surface area contributed by atoms with Crippen molar-refractivity contribution >= 4 is 0 Å². The van der Waals surface area contributed by atoms with Gasteiger partial charge in [-0.05, 0) is 31.0 Å². The molecule has 0 spiro atoms. The van der Waals surface area contributed by atoms with E-state index >= 15 is 0 Å². The van der Waals surface area contributed by atoms with E-state index < -0.39 is 0 Å². The summed E-state index contributed by atoms with van der Waals surface area (Å²) in [6.07, 6.45) is 0. The van der Waals surface area contributed by atoms with E-state index in [1.807, 2.05) is 0 Å². The standard InChI is InChI=1S/C11H15NO2/c1-7-4-8(2)11-9(12-13-3)6-14-10(11)5-7/h4-5,9,12H,6H2,1-3H3. The topological polar surface area (TPSA) is 30.5 Å². The Morgan fingerprint density at radius 1 is 1.43 bits per heavy atom. The first-order valence-corrected chi connectivity index (χ1v) is 4.75. The quantitative estimate of drug-likeness (QED) is 0.727. The Balaban J connectivity index is 2.39. The maximum atomic E-state index is 5.58. The van der Waals surface area contributed by atoms with Gasteiger partial charge in [0.05, 0.1) is 13.2 Å². The molecule has 1 N–H and O–H groups in total. The second-order valence-electron chi connectivity index (χ2n) is 3.68. The van der Waals surface area contributed by atoms with E-state index in [2.05, 4.69) is 31.5 Å². The van der Waals surface area contributed by atoms with Gasteiger partial charge in [-0.25, -0.2) is 0 Å². The minimum absolute atomic E-state index is 0.163. The lowest BCUT2D eigenvalue weighted by Crippen LogP contribution is -2.21. The number of nitrogens with one attached hydrogen (secondary N) is 1. The lowest BCUT2D eigenvalue weighted by Gasteiger charge is -2.11. The summed E-state index contributed by atoms with van der Waals surface area (Å²) in [5.41, 5.74) is 6.65. The Morgan fingerprint density at radius 2 is 2.21 bits per heavy atom. The summed E-state index contributed by atoms with van der Waals surface area (Å²) in [6, 6.07) is 4.40. The highest BCUT2D eigenvalue weighted by molar-refractivity contribution is 5.47. The van der Waals surface area contributed by atoms with Gasteiger partial charge in [-0.3, -0.25) is 0 Å². The molecule has 3 heteroatoms. The molecule has 1 unspecified atom stereocenters. The Kier molecular flexibility index (Phi) is 2.44. The minimum atomic E-state index is 0.163. The van der Waals surface area contributed by atoms with Crippen molar-refractivity contribution in [2.24, 2.45) is 0 Å². The van der Waals surface area contributed by atoms with Crippen molar-refractivity contribution in [1.82, 2.24) is 5.48 Å². The van der Waals surface area contributed by atoms with Gasteiger partial charge in [0.25, 0.3) is 0 Å². The molecule has 1 aliphatic heterocycles. The molecule has 3 nitrogen and oxygen atoms in total. The molecule has 1 heterocycles. The number of rotatable bonds is 2. The summed E-state index contributed by atoms with van der Waals surface area (Å²) >= 11 is 0. The predicted octanol–water partition coefficient (Wildman–Crippen LogP) is 1.89. The maximum absolute atomic E-state index is 5.58. The average Bonchev–Trinajstić information content (AvgIpc) is 2.49. The van der Waals surface area contributed by atoms with Gasteiger partial charge in [-0.2, -0.15) is 5.48 Å². The molecule has 1 aromatic rings. The fraction of sp³-hybridized carbons (Fsp3) is 0.455. The van der Waals surface area contributed by atoms with Crippen molar-refractivity contribution in [3.05, 3.63) is 28.8 Å². The molecule has 0 fully saturated rings. The molecule has 2 rings (SSSR count). The molecule has 1 aromatic carbocycles. The van der Waals surface area contributed by atoms with Gasteiger partial charge in [0.1, 0.15) is 12.4 Å². The maximum Gasteiger partial charge on any atom is 0.124 e. The van der Waals surface area contributed by atoms with Crippen molar-refractivity contribution in [3.63, 3.8) is 0 Å². The predicted molar refractivity (Wildman–Crippen MR) is 54.3 cm³/mol. The zero-order valence-corrected chi connectivity index (χ0v) is 8.76. The lowest BCUT2D eigenvalue weighted by atomic mass is 10.0. The van der Waals surface area contributed by atoms with Gasteiger partial charge in [-0.1, -0.05) is 6.07 Å². The summed E-state index contributed by atoms with van der Waals surface area (Å²) in [4.78, 5) is 4.94. The smallest absolute Gasteiger partial charge is 0.124 e. The van der Waals surface area contributed by atoms with Crippen molar-refractivity contribution in [2.75, 3.05) is 13.7 Å². The van der Waals surface area contributed by atoms with E-state index in [0.29, 0.717) is 6.61 Å². The Labute approximate surface area is 84.0 Å². The van der Waals surface area contributed by atoms with Crippen LogP contribution < -0.4 is 10.2 Å². The van der Waals surface area contributed by atoms with Crippen molar-refractivity contribution in [2.45, 2.75) is 19.9 Å². The fourth-order valence-electron chi connectivity index (χ4n) is 2.00. The molecule has 0 bridgehead atoms. The van der Waals surface area contributed by atoms with E-state index in [1.165, 1.54) is 16.7 Å². The van der Waals surface area contributed by atoms with Crippen LogP contribution in [0.1, 0.15) is 22.7 Å². The van der Waals surface area contributed by atoms with Crippen LogP contribution >= 0.6 is 0 Å². The van der Waals surface area contributed by atoms with E-state index in [4.69, 9.17) is 9.57 Å². The van der Waals surface area contributed by atoms with Crippen LogP contribution in [0, 0.1) is 13.8 Å². The van der Waals surface area contributed by atoms with Crippen molar-refractivity contribution < 1.29 is 9.57 Å². The molecular formula is C11H15NO2. The summed E-state index contributed by atoms with van der Waals surface area (Å²) in [7, 11) is 1.63. The van der Waals surface area contributed by atoms with Gasteiger partial charge < -0.3 is 9.57 Å². The van der Waals surface area contributed by atoms with E-state index in [9.17, 15) is 0 Å². The molecule has 0 aliphatic carbocycles. The largest absolute Gasteiger partial charge is 0.491 e. The molecule has 0 saturated carbocycles. The molecule has 0 aromatic heterocycles. The van der Waals surface area contributed by atoms with Crippen LogP contribution in [0.25, 0.3) is 0 Å². The van der Waals surface area contributed by atoms with Crippen LogP contribution in [-0.4, -0.2) is 13.7 Å². The summed E-state index contributed by atoms with van der Waals surface area (Å²) in [6.45, 7) is 4.83. The number of hydroxylamine groups is 1. The highest BCUT2D eigenvalue weighted by Crippen LogP contribution is 2.35. The molecule has 0 radical (unpaired) electrons. The van der Waals surface area contributed by atoms with Crippen molar-refractivity contribution in [3.8, 4) is 5.75 Å². The van der Waals surface area contributed by atoms with Crippen molar-refractivity contribution in [1.29, 1.82) is 0 Å². The fourth-order valence-corrected chi connectivity index (χ4v) is 2.00. The highest BCUT2D eigenvalue weighted by Gasteiger charge is 2.25. The monoisotopic (exact) mass is 193 g/mol. The molecular weight excluding hydrogens is 178 g/mol. The first-order valence-electron chi connectivity index (χ1n) is 4.75. The number of aryl methyl sites for hydroxylation is 2. The lowest BCUT2D eigenvalue weighted by molar-refractivity contribution is 0.0534. The zero-order valence-electron chi connectivity index (χ0n) is 8.76. The van der Waals surface area contributed by atoms with Crippen LogP contribution in [0.5, 0.6) is 5.75 Å². The average molecular weight is 193 g/mol. The summed E-state index contributed by atoms with van der Waals surface area (Å²) in [5.74, 6) is 0.983. The second kappa shape index (κ2) is 3.59. The van der Waals surface area contributed by atoms with E-state index in [0.717, 1.165) is 5.75 Å². The third-order valence-corrected chi connectivity index (χ3v) is 2.51. The Morgan fingerprint density at radius 3 is 2.93 bits per heavy atom. The molecule has 14 heavy (non-hydrogen) atoms. The summed E-state index contributed by atoms with van der Waals surface area (Å²) in [5, 5.41) is 0. The number of fused-ring (bicyclic) bond motifs is 1. The first kappa shape index (κ1) is 9.49. The van der Waals surface area contributed by atoms with Crippen LogP contribution in [0.15, 0.2) is 12.1 Å². The molecule has 1 aliphatic rings. The number of hydrogen-bond acceptors (Lipinski definition) is 3. The minimum Gasteiger partial charge on any atom is -0.491 e. The Hall–Kier alpha value is -1.06. The molecule has 1 atom stereocenters. The van der Waals surface area contributed by atoms with Gasteiger partial charge in [0.2, 0.25) is 0 Å². The van der Waals surface area contributed by atoms with E-state index in [1.54, 1.807) is 7.11 Å². The number of benzene rings is 1. The first-order chi connectivity index (χ1) is 6.72. The van der Waals surface area contributed by atoms with Gasteiger partial charge in [-0.15, -0.1) is 0 Å². The van der Waals surface area contributed by atoms with Crippen LogP contribution in [0.4, 0.5) is 0 Å². The SMILES string of the molecule is CONC1COc2cc(C)cc(C)c21.